The van der Waals surface area contributed by atoms with Gasteiger partial charge in [-0.2, -0.15) is 9.61 Å². The number of hydrogen-bond donors (Lipinski definition) is 1. The van der Waals surface area contributed by atoms with E-state index >= 15 is 0 Å². The molecule has 2 aromatic carbocycles. The Bertz CT molecular complexity index is 1370. The number of halogens is 1. The van der Waals surface area contributed by atoms with Crippen LogP contribution in [0.25, 0.3) is 16.9 Å². The van der Waals surface area contributed by atoms with Crippen LogP contribution in [0.3, 0.4) is 0 Å². The highest BCUT2D eigenvalue weighted by molar-refractivity contribution is 5.90. The zero-order chi connectivity index (χ0) is 22.8. The molecule has 32 heavy (non-hydrogen) atoms. The Morgan fingerprint density at radius 3 is 2.69 bits per heavy atom. The normalized spacial score (nSPS) is 11.0. The van der Waals surface area contributed by atoms with Gasteiger partial charge in [0.2, 0.25) is 5.91 Å². The second-order valence-electron chi connectivity index (χ2n) is 7.49. The number of carbonyl (C=O) groups excluding carboxylic acids is 1. The molecule has 0 bridgehead atoms. The van der Waals surface area contributed by atoms with Crippen LogP contribution in [0.1, 0.15) is 17.7 Å². The molecule has 0 unspecified atom stereocenters. The summed E-state index contributed by atoms with van der Waals surface area (Å²) in [6.45, 7) is 1.84. The van der Waals surface area contributed by atoms with E-state index in [4.69, 9.17) is 4.74 Å². The van der Waals surface area contributed by atoms with Crippen molar-refractivity contribution in [2.24, 2.45) is 7.05 Å². The van der Waals surface area contributed by atoms with Crippen LogP contribution in [0.2, 0.25) is 0 Å². The minimum absolute atomic E-state index is 0.0821. The average Bonchev–Trinajstić information content (AvgIpc) is 3.23. The Balaban J connectivity index is 1.64. The summed E-state index contributed by atoms with van der Waals surface area (Å²) in [7, 11) is 3.44. The highest BCUT2D eigenvalue weighted by Crippen LogP contribution is 2.29. The number of carbonyl (C=O) groups is 1. The lowest BCUT2D eigenvalue weighted by molar-refractivity contribution is -0.116. The van der Waals surface area contributed by atoms with Crippen LogP contribution in [0, 0.1) is 12.7 Å². The highest BCUT2D eigenvalue weighted by Gasteiger charge is 2.18. The van der Waals surface area contributed by atoms with Gasteiger partial charge in [-0.15, -0.1) is 0 Å². The van der Waals surface area contributed by atoms with Crippen molar-refractivity contribution in [2.45, 2.75) is 19.8 Å². The Morgan fingerprint density at radius 2 is 1.94 bits per heavy atom. The molecule has 0 aliphatic heterocycles. The Hall–Kier alpha value is -3.94. The van der Waals surface area contributed by atoms with Gasteiger partial charge in [-0.3, -0.25) is 9.59 Å². The number of amides is 1. The van der Waals surface area contributed by atoms with Gasteiger partial charge in [0.15, 0.2) is 0 Å². The van der Waals surface area contributed by atoms with E-state index in [2.05, 4.69) is 10.4 Å². The molecular formula is C24H23FN4O3. The van der Waals surface area contributed by atoms with Gasteiger partial charge < -0.3 is 14.6 Å². The summed E-state index contributed by atoms with van der Waals surface area (Å²) in [5.41, 5.74) is 3.42. The first kappa shape index (κ1) is 21.3. The monoisotopic (exact) mass is 434 g/mol. The van der Waals surface area contributed by atoms with E-state index in [9.17, 15) is 14.0 Å². The van der Waals surface area contributed by atoms with Crippen molar-refractivity contribution in [1.82, 2.24) is 14.2 Å². The highest BCUT2D eigenvalue weighted by atomic mass is 19.1. The predicted molar refractivity (Wildman–Crippen MR) is 121 cm³/mol. The Kier molecular flexibility index (Phi) is 5.77. The van der Waals surface area contributed by atoms with Crippen LogP contribution in [0.4, 0.5) is 10.1 Å². The molecule has 7 nitrogen and oxygen atoms in total. The molecule has 1 amide bonds. The van der Waals surface area contributed by atoms with Crippen LogP contribution >= 0.6 is 0 Å². The summed E-state index contributed by atoms with van der Waals surface area (Å²) in [4.78, 5) is 25.5. The maximum atomic E-state index is 13.3. The van der Waals surface area contributed by atoms with Crippen LogP contribution in [0.15, 0.2) is 59.4 Å². The minimum Gasteiger partial charge on any atom is -0.496 e. The molecule has 1 N–H and O–H groups in total. The maximum Gasteiger partial charge on any atom is 0.277 e. The van der Waals surface area contributed by atoms with Crippen molar-refractivity contribution in [3.05, 3.63) is 82.0 Å². The fourth-order valence-corrected chi connectivity index (χ4v) is 3.72. The second-order valence-corrected chi connectivity index (χ2v) is 7.49. The van der Waals surface area contributed by atoms with E-state index in [1.54, 1.807) is 13.2 Å². The van der Waals surface area contributed by atoms with Crippen LogP contribution in [-0.4, -0.2) is 27.2 Å². The summed E-state index contributed by atoms with van der Waals surface area (Å²) >= 11 is 0. The van der Waals surface area contributed by atoms with E-state index in [0.717, 1.165) is 11.3 Å². The number of methoxy groups -OCH3 is 1. The number of fused-ring (bicyclic) bond motifs is 1. The molecule has 0 atom stereocenters. The second kappa shape index (κ2) is 8.66. The first-order valence-electron chi connectivity index (χ1n) is 10.2. The van der Waals surface area contributed by atoms with E-state index in [1.165, 1.54) is 22.7 Å². The smallest absolute Gasteiger partial charge is 0.277 e. The third kappa shape index (κ3) is 3.99. The van der Waals surface area contributed by atoms with E-state index in [1.807, 2.05) is 48.9 Å². The third-order valence-corrected chi connectivity index (χ3v) is 5.52. The largest absolute Gasteiger partial charge is 0.496 e. The molecule has 8 heteroatoms. The summed E-state index contributed by atoms with van der Waals surface area (Å²) in [5, 5.41) is 7.18. The summed E-state index contributed by atoms with van der Waals surface area (Å²) < 4.78 is 22.0. The third-order valence-electron chi connectivity index (χ3n) is 5.52. The predicted octanol–water partition coefficient (Wildman–Crippen LogP) is 3.73. The van der Waals surface area contributed by atoms with Crippen molar-refractivity contribution < 1.29 is 13.9 Å². The molecule has 4 rings (SSSR count). The van der Waals surface area contributed by atoms with Gasteiger partial charge in [-0.25, -0.2) is 4.39 Å². The minimum atomic E-state index is -0.428. The number of anilines is 1. The number of nitrogens with zero attached hydrogens (tertiary/aromatic N) is 3. The van der Waals surface area contributed by atoms with Gasteiger partial charge in [0.1, 0.15) is 17.2 Å². The molecule has 2 aromatic heterocycles. The van der Waals surface area contributed by atoms with Crippen LogP contribution in [-0.2, 0) is 18.3 Å². The van der Waals surface area contributed by atoms with Gasteiger partial charge >= 0.3 is 0 Å². The fourth-order valence-electron chi connectivity index (χ4n) is 3.72. The molecule has 4 aromatic rings. The maximum absolute atomic E-state index is 13.3. The Morgan fingerprint density at radius 1 is 1.16 bits per heavy atom. The van der Waals surface area contributed by atoms with E-state index in [-0.39, 0.29) is 24.3 Å². The topological polar surface area (TPSA) is 77.6 Å². The fraction of sp³-hybridized carbons (Fsp3) is 0.208. The summed E-state index contributed by atoms with van der Waals surface area (Å²) in [6, 6.07) is 15.0. The van der Waals surface area contributed by atoms with Crippen molar-refractivity contribution in [3.8, 4) is 17.0 Å². The number of benzene rings is 2. The van der Waals surface area contributed by atoms with E-state index < -0.39 is 5.82 Å². The molecule has 0 fully saturated rings. The first-order valence-corrected chi connectivity index (χ1v) is 10.2. The summed E-state index contributed by atoms with van der Waals surface area (Å²) in [6.07, 6.45) is 0.318. The van der Waals surface area contributed by atoms with Crippen molar-refractivity contribution in [2.75, 3.05) is 12.4 Å². The number of para-hydroxylation sites is 1. The zero-order valence-electron chi connectivity index (χ0n) is 18.1. The first-order chi connectivity index (χ1) is 15.4. The zero-order valence-corrected chi connectivity index (χ0v) is 18.1. The lowest BCUT2D eigenvalue weighted by atomic mass is 10.1. The molecule has 0 aliphatic carbocycles. The molecule has 0 radical (unpaired) electrons. The molecule has 0 saturated carbocycles. The molecule has 2 heterocycles. The number of ether oxygens (including phenoxy) is 1. The lowest BCUT2D eigenvalue weighted by Gasteiger charge is -2.12. The molecule has 0 aliphatic rings. The number of hydrogen-bond acceptors (Lipinski definition) is 4. The van der Waals surface area contributed by atoms with Crippen LogP contribution < -0.4 is 15.6 Å². The number of rotatable bonds is 6. The number of nitrogens with one attached hydrogen (secondary N) is 1. The Labute approximate surface area is 184 Å². The lowest BCUT2D eigenvalue weighted by Crippen LogP contribution is -2.26. The van der Waals surface area contributed by atoms with Crippen molar-refractivity contribution in [3.63, 3.8) is 0 Å². The molecule has 0 spiro atoms. The van der Waals surface area contributed by atoms with E-state index in [0.29, 0.717) is 28.3 Å². The molecule has 164 valence electrons. The quantitative estimate of drug-likeness (QED) is 0.502. The van der Waals surface area contributed by atoms with Crippen molar-refractivity contribution in [1.29, 1.82) is 0 Å². The number of aromatic nitrogens is 3. The van der Waals surface area contributed by atoms with Crippen LogP contribution in [0.5, 0.6) is 5.75 Å². The average molecular weight is 434 g/mol. The van der Waals surface area contributed by atoms with Gasteiger partial charge in [-0.05, 0) is 43.7 Å². The van der Waals surface area contributed by atoms with Crippen molar-refractivity contribution >= 4 is 17.2 Å². The van der Waals surface area contributed by atoms with Gasteiger partial charge in [0.25, 0.3) is 5.56 Å². The summed E-state index contributed by atoms with van der Waals surface area (Å²) in [5.74, 6) is -0.0632. The van der Waals surface area contributed by atoms with Gasteiger partial charge in [0.05, 0.1) is 12.8 Å². The molecule has 0 saturated heterocycles. The number of aryl methyl sites for hydroxylation is 1. The standard InChI is InChI=1S/C24H23FN4O3/c1-15-18(11-12-22(30)26-17-8-6-7-16(25)13-17)24(31)29-23(28(15)2)14-20(27-29)19-9-4-5-10-21(19)32-3/h4-10,13-14H,11-12H2,1-3H3,(H,26,30). The molecular weight excluding hydrogens is 411 g/mol. The van der Waals surface area contributed by atoms with Gasteiger partial charge in [0, 0.05) is 42.0 Å². The SMILES string of the molecule is COc1ccccc1-c1cc2n(C)c(C)c(CCC(=O)Nc3cccc(F)c3)c(=O)n2n1. The van der Waals surface area contributed by atoms with Gasteiger partial charge in [-0.1, -0.05) is 18.2 Å².